The average Bonchev–Trinajstić information content (AvgIpc) is 3.01. The second-order valence-electron chi connectivity index (χ2n) is 6.15. The van der Waals surface area contributed by atoms with Gasteiger partial charge in [-0.25, -0.2) is 12.7 Å². The van der Waals surface area contributed by atoms with Crippen LogP contribution < -0.4 is 0 Å². The zero-order valence-electron chi connectivity index (χ0n) is 11.6. The smallest absolute Gasteiger partial charge is 0.207 e. The lowest BCUT2D eigenvalue weighted by molar-refractivity contribution is 0.280. The monoisotopic (exact) mass is 357 g/mol. The Labute approximate surface area is 129 Å². The summed E-state index contributed by atoms with van der Waals surface area (Å²) in [5, 5.41) is 0. The summed E-state index contributed by atoms with van der Waals surface area (Å²) in [7, 11) is -1.68. The number of hydrogen-bond acceptors (Lipinski definition) is 2. The molecule has 5 heteroatoms. The third-order valence-corrected chi connectivity index (χ3v) is 7.74. The SMILES string of the molecule is CN(CC1CC2CCC1C2)S(=O)(=O)c1ccccc1Br. The van der Waals surface area contributed by atoms with E-state index in [2.05, 4.69) is 15.9 Å². The van der Waals surface area contributed by atoms with Gasteiger partial charge in [0.15, 0.2) is 0 Å². The Hall–Kier alpha value is -0.390. The van der Waals surface area contributed by atoms with Crippen molar-refractivity contribution in [2.24, 2.45) is 17.8 Å². The number of benzene rings is 1. The minimum atomic E-state index is -3.39. The fourth-order valence-electron chi connectivity index (χ4n) is 3.85. The van der Waals surface area contributed by atoms with Crippen LogP contribution in [0.25, 0.3) is 0 Å². The first-order valence-electron chi connectivity index (χ1n) is 7.19. The van der Waals surface area contributed by atoms with Crippen molar-refractivity contribution < 1.29 is 8.42 Å². The third kappa shape index (κ3) is 2.55. The molecule has 0 spiro atoms. The standard InChI is InChI=1S/C15H20BrNO2S/c1-17(10-13-9-11-6-7-12(13)8-11)20(18,19)15-5-3-2-4-14(15)16/h2-5,11-13H,6-10H2,1H3. The van der Waals surface area contributed by atoms with Crippen LogP contribution in [0, 0.1) is 17.8 Å². The number of halogens is 1. The third-order valence-electron chi connectivity index (χ3n) is 4.90. The Morgan fingerprint density at radius 3 is 2.60 bits per heavy atom. The van der Waals surface area contributed by atoms with E-state index in [-0.39, 0.29) is 0 Å². The van der Waals surface area contributed by atoms with Crippen LogP contribution in [-0.2, 0) is 10.0 Å². The van der Waals surface area contributed by atoms with Gasteiger partial charge < -0.3 is 0 Å². The molecule has 0 heterocycles. The van der Waals surface area contributed by atoms with Crippen molar-refractivity contribution in [3.63, 3.8) is 0 Å². The molecule has 3 atom stereocenters. The van der Waals surface area contributed by atoms with E-state index in [0.717, 1.165) is 11.8 Å². The summed E-state index contributed by atoms with van der Waals surface area (Å²) >= 11 is 3.34. The molecule has 0 saturated heterocycles. The van der Waals surface area contributed by atoms with Gasteiger partial charge in [-0.1, -0.05) is 18.6 Å². The Bertz CT molecular complexity index is 602. The number of sulfonamides is 1. The first-order valence-corrected chi connectivity index (χ1v) is 9.42. The summed E-state index contributed by atoms with van der Waals surface area (Å²) in [4.78, 5) is 0.366. The average molecular weight is 358 g/mol. The number of rotatable bonds is 4. The Morgan fingerprint density at radius 2 is 2.00 bits per heavy atom. The molecular weight excluding hydrogens is 338 g/mol. The van der Waals surface area contributed by atoms with Gasteiger partial charge in [0.05, 0.1) is 4.90 Å². The first kappa shape index (κ1) is 14.5. The van der Waals surface area contributed by atoms with Crippen LogP contribution in [0.5, 0.6) is 0 Å². The topological polar surface area (TPSA) is 37.4 Å². The van der Waals surface area contributed by atoms with Crippen molar-refractivity contribution in [1.29, 1.82) is 0 Å². The van der Waals surface area contributed by atoms with E-state index in [4.69, 9.17) is 0 Å². The van der Waals surface area contributed by atoms with E-state index in [1.54, 1.807) is 29.6 Å². The minimum Gasteiger partial charge on any atom is -0.207 e. The fourth-order valence-corrected chi connectivity index (χ4v) is 6.04. The Balaban J connectivity index is 1.76. The van der Waals surface area contributed by atoms with Gasteiger partial charge in [0, 0.05) is 18.1 Å². The van der Waals surface area contributed by atoms with Crippen LogP contribution in [0.4, 0.5) is 0 Å². The second kappa shape index (κ2) is 5.43. The number of nitrogens with zero attached hydrogens (tertiary/aromatic N) is 1. The van der Waals surface area contributed by atoms with Crippen molar-refractivity contribution in [2.45, 2.75) is 30.6 Å². The quantitative estimate of drug-likeness (QED) is 0.826. The molecule has 1 aromatic carbocycles. The fraction of sp³-hybridized carbons (Fsp3) is 0.600. The summed E-state index contributed by atoms with van der Waals surface area (Å²) in [6.07, 6.45) is 5.16. The van der Waals surface area contributed by atoms with Crippen LogP contribution in [0.1, 0.15) is 25.7 Å². The van der Waals surface area contributed by atoms with Gasteiger partial charge >= 0.3 is 0 Å². The lowest BCUT2D eigenvalue weighted by atomic mass is 9.89. The Kier molecular flexibility index (Phi) is 3.95. The molecule has 1 aromatic rings. The Morgan fingerprint density at radius 1 is 1.25 bits per heavy atom. The molecule has 2 aliphatic carbocycles. The van der Waals surface area contributed by atoms with Crippen molar-refractivity contribution in [2.75, 3.05) is 13.6 Å². The summed E-state index contributed by atoms with van der Waals surface area (Å²) in [6.45, 7) is 0.658. The predicted molar refractivity (Wildman–Crippen MR) is 82.9 cm³/mol. The van der Waals surface area contributed by atoms with Gasteiger partial charge in [0.1, 0.15) is 0 Å². The largest absolute Gasteiger partial charge is 0.243 e. The molecule has 3 unspecified atom stereocenters. The van der Waals surface area contributed by atoms with Gasteiger partial charge in [-0.3, -0.25) is 0 Å². The van der Waals surface area contributed by atoms with E-state index in [0.29, 0.717) is 21.8 Å². The molecular formula is C15H20BrNO2S. The normalized spacial score (nSPS) is 29.2. The maximum atomic E-state index is 12.6. The summed E-state index contributed by atoms with van der Waals surface area (Å²) in [5.41, 5.74) is 0. The summed E-state index contributed by atoms with van der Waals surface area (Å²) in [6, 6.07) is 7.04. The van der Waals surface area contributed by atoms with E-state index in [1.807, 2.05) is 6.07 Å². The highest BCUT2D eigenvalue weighted by Crippen LogP contribution is 2.48. The summed E-state index contributed by atoms with van der Waals surface area (Å²) < 4.78 is 27.5. The molecule has 0 radical (unpaired) electrons. The molecule has 0 amide bonds. The first-order chi connectivity index (χ1) is 9.48. The molecule has 2 aliphatic rings. The number of hydrogen-bond donors (Lipinski definition) is 0. The molecule has 0 N–H and O–H groups in total. The lowest BCUT2D eigenvalue weighted by Gasteiger charge is -2.27. The molecule has 20 heavy (non-hydrogen) atoms. The molecule has 2 fully saturated rings. The van der Waals surface area contributed by atoms with Gasteiger partial charge in [0.25, 0.3) is 0 Å². The van der Waals surface area contributed by atoms with Crippen LogP contribution >= 0.6 is 15.9 Å². The number of fused-ring (bicyclic) bond motifs is 2. The summed E-state index contributed by atoms with van der Waals surface area (Å²) in [5.74, 6) is 2.15. The molecule has 0 aromatic heterocycles. The van der Waals surface area contributed by atoms with Crippen LogP contribution in [0.15, 0.2) is 33.6 Å². The molecule has 3 nitrogen and oxygen atoms in total. The second-order valence-corrected chi connectivity index (χ2v) is 9.02. The lowest BCUT2D eigenvalue weighted by Crippen LogP contribution is -2.34. The van der Waals surface area contributed by atoms with Gasteiger partial charge in [0.2, 0.25) is 10.0 Å². The molecule has 110 valence electrons. The van der Waals surface area contributed by atoms with E-state index in [1.165, 1.54) is 25.7 Å². The van der Waals surface area contributed by atoms with Crippen LogP contribution in [0.2, 0.25) is 0 Å². The van der Waals surface area contributed by atoms with Crippen molar-refractivity contribution in [3.8, 4) is 0 Å². The highest BCUT2D eigenvalue weighted by atomic mass is 79.9. The van der Waals surface area contributed by atoms with Crippen LogP contribution in [-0.4, -0.2) is 26.3 Å². The van der Waals surface area contributed by atoms with Crippen molar-refractivity contribution in [3.05, 3.63) is 28.7 Å². The highest BCUT2D eigenvalue weighted by Gasteiger charge is 2.41. The molecule has 0 aliphatic heterocycles. The van der Waals surface area contributed by atoms with E-state index in [9.17, 15) is 8.42 Å². The van der Waals surface area contributed by atoms with Crippen molar-refractivity contribution >= 4 is 26.0 Å². The molecule has 3 rings (SSSR count). The van der Waals surface area contributed by atoms with Gasteiger partial charge in [-0.05, 0) is 65.1 Å². The zero-order chi connectivity index (χ0) is 14.3. The van der Waals surface area contributed by atoms with Crippen LogP contribution in [0.3, 0.4) is 0 Å². The minimum absolute atomic E-state index is 0.366. The van der Waals surface area contributed by atoms with Crippen molar-refractivity contribution in [1.82, 2.24) is 4.31 Å². The highest BCUT2D eigenvalue weighted by molar-refractivity contribution is 9.10. The van der Waals surface area contributed by atoms with E-state index < -0.39 is 10.0 Å². The maximum absolute atomic E-state index is 12.6. The predicted octanol–water partition coefficient (Wildman–Crippen LogP) is 3.51. The molecule has 2 bridgehead atoms. The van der Waals surface area contributed by atoms with E-state index >= 15 is 0 Å². The maximum Gasteiger partial charge on any atom is 0.243 e. The molecule has 2 saturated carbocycles. The van der Waals surface area contributed by atoms with Gasteiger partial charge in [-0.15, -0.1) is 0 Å². The zero-order valence-corrected chi connectivity index (χ0v) is 14.0. The van der Waals surface area contributed by atoms with Gasteiger partial charge in [-0.2, -0.15) is 0 Å².